The Balaban J connectivity index is 2.26. The zero-order chi connectivity index (χ0) is 12.5. The highest BCUT2D eigenvalue weighted by molar-refractivity contribution is 7.80. The molecular formula is C10H14N4O2S. The van der Waals surface area contributed by atoms with E-state index < -0.39 is 0 Å². The second-order valence-electron chi connectivity index (χ2n) is 3.06. The fourth-order valence-electron chi connectivity index (χ4n) is 1.000. The van der Waals surface area contributed by atoms with E-state index in [1.54, 1.807) is 31.6 Å². The van der Waals surface area contributed by atoms with Gasteiger partial charge in [-0.25, -0.2) is 0 Å². The van der Waals surface area contributed by atoms with Crippen LogP contribution in [0.5, 0.6) is 0 Å². The normalized spacial score (nSPS) is 9.47. The molecule has 0 radical (unpaired) electrons. The summed E-state index contributed by atoms with van der Waals surface area (Å²) in [5, 5.41) is 3.20. The molecule has 92 valence electrons. The van der Waals surface area contributed by atoms with Gasteiger partial charge in [0.25, 0.3) is 5.91 Å². The molecular weight excluding hydrogens is 240 g/mol. The Hall–Kier alpha value is -1.73. The van der Waals surface area contributed by atoms with Gasteiger partial charge in [0.05, 0.1) is 6.61 Å². The summed E-state index contributed by atoms with van der Waals surface area (Å²) in [6.07, 6.45) is 3.09. The van der Waals surface area contributed by atoms with Crippen LogP contribution in [0, 0.1) is 0 Å². The molecule has 3 N–H and O–H groups in total. The van der Waals surface area contributed by atoms with Crippen LogP contribution in [0.15, 0.2) is 24.5 Å². The van der Waals surface area contributed by atoms with Crippen molar-refractivity contribution in [3.05, 3.63) is 30.1 Å². The molecule has 0 aliphatic carbocycles. The number of carbonyl (C=O) groups is 1. The summed E-state index contributed by atoms with van der Waals surface area (Å²) < 4.78 is 4.84. The number of thiocarbonyl (C=S) groups is 1. The second kappa shape index (κ2) is 7.53. The van der Waals surface area contributed by atoms with Crippen molar-refractivity contribution in [3.8, 4) is 0 Å². The highest BCUT2D eigenvalue weighted by atomic mass is 32.1. The first kappa shape index (κ1) is 13.3. The van der Waals surface area contributed by atoms with E-state index in [0.29, 0.717) is 23.8 Å². The molecule has 0 fully saturated rings. The molecule has 6 nitrogen and oxygen atoms in total. The summed E-state index contributed by atoms with van der Waals surface area (Å²) in [6, 6.07) is 3.22. The molecule has 0 aliphatic heterocycles. The van der Waals surface area contributed by atoms with E-state index in [2.05, 4.69) is 21.2 Å². The van der Waals surface area contributed by atoms with Crippen LogP contribution >= 0.6 is 12.2 Å². The smallest absolute Gasteiger partial charge is 0.269 e. The molecule has 0 atom stereocenters. The number of amides is 1. The van der Waals surface area contributed by atoms with Gasteiger partial charge in [-0.2, -0.15) is 0 Å². The van der Waals surface area contributed by atoms with Gasteiger partial charge < -0.3 is 10.1 Å². The molecule has 1 rings (SSSR count). The second-order valence-corrected chi connectivity index (χ2v) is 3.47. The Kier molecular flexibility index (Phi) is 5.91. The van der Waals surface area contributed by atoms with E-state index in [1.165, 1.54) is 0 Å². The van der Waals surface area contributed by atoms with Gasteiger partial charge in [-0.1, -0.05) is 0 Å². The summed E-state index contributed by atoms with van der Waals surface area (Å²) in [4.78, 5) is 15.4. The van der Waals surface area contributed by atoms with E-state index >= 15 is 0 Å². The SMILES string of the molecule is COCCNC(=S)NNC(=O)c1ccncc1. The standard InChI is InChI=1S/C10H14N4O2S/c1-16-7-6-12-10(17)14-13-9(15)8-2-4-11-5-3-8/h2-5H,6-7H2,1H3,(H,13,15)(H2,12,14,17). The first-order valence-corrected chi connectivity index (χ1v) is 5.38. The van der Waals surface area contributed by atoms with Gasteiger partial charge in [-0.3, -0.25) is 20.6 Å². The van der Waals surface area contributed by atoms with Gasteiger partial charge in [0.1, 0.15) is 0 Å². The number of rotatable bonds is 4. The summed E-state index contributed by atoms with van der Waals surface area (Å²) >= 11 is 4.93. The van der Waals surface area contributed by atoms with Crippen molar-refractivity contribution < 1.29 is 9.53 Å². The number of ether oxygens (including phenoxy) is 1. The largest absolute Gasteiger partial charge is 0.383 e. The fourth-order valence-corrected chi connectivity index (χ4v) is 1.15. The lowest BCUT2D eigenvalue weighted by atomic mass is 10.3. The third-order valence-corrected chi connectivity index (χ3v) is 2.07. The monoisotopic (exact) mass is 254 g/mol. The van der Waals surface area contributed by atoms with Gasteiger partial charge in [0.2, 0.25) is 0 Å². The Morgan fingerprint density at radius 1 is 1.41 bits per heavy atom. The van der Waals surface area contributed by atoms with Crippen LogP contribution in [0.4, 0.5) is 0 Å². The topological polar surface area (TPSA) is 75.3 Å². The minimum atomic E-state index is -0.275. The quantitative estimate of drug-likeness (QED) is 0.394. The minimum Gasteiger partial charge on any atom is -0.383 e. The van der Waals surface area contributed by atoms with Crippen molar-refractivity contribution in [1.29, 1.82) is 0 Å². The molecule has 0 aliphatic rings. The maximum atomic E-state index is 11.6. The van der Waals surface area contributed by atoms with Gasteiger partial charge in [0, 0.05) is 31.6 Å². The maximum absolute atomic E-state index is 11.6. The molecule has 0 bridgehead atoms. The van der Waals surface area contributed by atoms with Gasteiger partial charge >= 0.3 is 0 Å². The van der Waals surface area contributed by atoms with E-state index in [0.717, 1.165) is 0 Å². The van der Waals surface area contributed by atoms with Crippen molar-refractivity contribution in [2.75, 3.05) is 20.3 Å². The number of methoxy groups -OCH3 is 1. The highest BCUT2D eigenvalue weighted by Gasteiger charge is 2.04. The third kappa shape index (κ3) is 5.23. The molecule has 0 saturated heterocycles. The number of pyridine rings is 1. The summed E-state index contributed by atoms with van der Waals surface area (Å²) in [6.45, 7) is 1.12. The van der Waals surface area contributed by atoms with E-state index in [9.17, 15) is 4.79 Å². The predicted molar refractivity (Wildman–Crippen MR) is 67.3 cm³/mol. The van der Waals surface area contributed by atoms with Crippen LogP contribution in [-0.4, -0.2) is 36.3 Å². The maximum Gasteiger partial charge on any atom is 0.269 e. The van der Waals surface area contributed by atoms with Crippen LogP contribution in [0.3, 0.4) is 0 Å². The van der Waals surface area contributed by atoms with Crippen molar-refractivity contribution in [2.24, 2.45) is 0 Å². The molecule has 0 aromatic carbocycles. The van der Waals surface area contributed by atoms with Crippen molar-refractivity contribution >= 4 is 23.2 Å². The highest BCUT2D eigenvalue weighted by Crippen LogP contribution is 1.94. The van der Waals surface area contributed by atoms with Crippen molar-refractivity contribution in [3.63, 3.8) is 0 Å². The van der Waals surface area contributed by atoms with Crippen LogP contribution in [0.2, 0.25) is 0 Å². The number of hydrazine groups is 1. The van der Waals surface area contributed by atoms with Crippen LogP contribution in [0.1, 0.15) is 10.4 Å². The van der Waals surface area contributed by atoms with Crippen LogP contribution in [0.25, 0.3) is 0 Å². The van der Waals surface area contributed by atoms with E-state index in [4.69, 9.17) is 17.0 Å². The Morgan fingerprint density at radius 2 is 2.12 bits per heavy atom. The van der Waals surface area contributed by atoms with Gasteiger partial charge in [0.15, 0.2) is 5.11 Å². The zero-order valence-corrected chi connectivity index (χ0v) is 10.2. The predicted octanol–water partition coefficient (Wildman–Crippen LogP) is -0.163. The Bertz CT molecular complexity index is 372. The first-order valence-electron chi connectivity index (χ1n) is 4.97. The average Bonchev–Trinajstić information content (AvgIpc) is 2.37. The number of hydrogen-bond donors (Lipinski definition) is 3. The van der Waals surface area contributed by atoms with Gasteiger partial charge in [-0.15, -0.1) is 0 Å². The number of aromatic nitrogens is 1. The third-order valence-electron chi connectivity index (χ3n) is 1.82. The Labute approximate surface area is 105 Å². The number of carbonyl (C=O) groups excluding carboxylic acids is 1. The number of nitrogens with one attached hydrogen (secondary N) is 3. The molecule has 1 aromatic heterocycles. The fraction of sp³-hybridized carbons (Fsp3) is 0.300. The molecule has 1 heterocycles. The molecule has 0 saturated carbocycles. The molecule has 0 unspecified atom stereocenters. The summed E-state index contributed by atoms with van der Waals surface area (Å²) in [5.41, 5.74) is 5.56. The zero-order valence-electron chi connectivity index (χ0n) is 9.40. The molecule has 17 heavy (non-hydrogen) atoms. The van der Waals surface area contributed by atoms with Gasteiger partial charge in [-0.05, 0) is 24.4 Å². The summed E-state index contributed by atoms with van der Waals surface area (Å²) in [5.74, 6) is -0.275. The van der Waals surface area contributed by atoms with E-state index in [1.807, 2.05) is 0 Å². The van der Waals surface area contributed by atoms with E-state index in [-0.39, 0.29) is 5.91 Å². The lowest BCUT2D eigenvalue weighted by Gasteiger charge is -2.10. The summed E-state index contributed by atoms with van der Waals surface area (Å²) in [7, 11) is 1.60. The Morgan fingerprint density at radius 3 is 2.76 bits per heavy atom. The van der Waals surface area contributed by atoms with Crippen LogP contribution < -0.4 is 16.2 Å². The van der Waals surface area contributed by atoms with Crippen LogP contribution in [-0.2, 0) is 4.74 Å². The molecule has 1 aromatic rings. The number of nitrogens with zero attached hydrogens (tertiary/aromatic N) is 1. The number of hydrogen-bond acceptors (Lipinski definition) is 4. The molecule has 0 spiro atoms. The molecule has 7 heteroatoms. The lowest BCUT2D eigenvalue weighted by Crippen LogP contribution is -2.47. The van der Waals surface area contributed by atoms with Crippen molar-refractivity contribution in [1.82, 2.24) is 21.2 Å². The minimum absolute atomic E-state index is 0.275. The molecule has 1 amide bonds. The lowest BCUT2D eigenvalue weighted by molar-refractivity contribution is 0.0943. The first-order chi connectivity index (χ1) is 8.24. The average molecular weight is 254 g/mol. The van der Waals surface area contributed by atoms with Crippen molar-refractivity contribution in [2.45, 2.75) is 0 Å².